The molecule has 0 aliphatic carbocycles. The standard InChI is InChI=1S/C34H40N4/c1-9-13-25-21(7)28-15-27-19(5)23(11-3)31(35-27)16-29-20(6)24(12-4)32(36-29)17-30-22(8)26(14-10-2)34(38-30)18-33(25)37-28/h15-18H,9-14H2,1-8H3. The van der Waals surface area contributed by atoms with Gasteiger partial charge in [-0.3, -0.25) is 0 Å². The zero-order valence-corrected chi connectivity index (χ0v) is 24.3. The van der Waals surface area contributed by atoms with Crippen LogP contribution in [0, 0.1) is 0 Å². The molecule has 0 N–H and O–H groups in total. The molecule has 0 amide bonds. The Morgan fingerprint density at radius 3 is 1.26 bits per heavy atom. The summed E-state index contributed by atoms with van der Waals surface area (Å²) in [6.07, 6.45) is 14.9. The van der Waals surface area contributed by atoms with Crippen molar-refractivity contribution in [1.82, 2.24) is 0 Å². The van der Waals surface area contributed by atoms with Crippen molar-refractivity contribution >= 4 is 22.8 Å². The molecule has 0 aromatic heterocycles. The van der Waals surface area contributed by atoms with Crippen molar-refractivity contribution in [2.24, 2.45) is 20.0 Å². The van der Waals surface area contributed by atoms with Gasteiger partial charge in [-0.05, 0) is 122 Å². The maximum Gasteiger partial charge on any atom is 0.0694 e. The summed E-state index contributed by atoms with van der Waals surface area (Å²) >= 11 is 0. The largest absolute Gasteiger partial charge is 0.248 e. The van der Waals surface area contributed by atoms with Gasteiger partial charge in [0, 0.05) is 0 Å². The maximum atomic E-state index is 5.19. The highest BCUT2D eigenvalue weighted by Crippen LogP contribution is 2.38. The summed E-state index contributed by atoms with van der Waals surface area (Å²) in [7, 11) is 0. The summed E-state index contributed by atoms with van der Waals surface area (Å²) in [5, 5.41) is 0. The predicted molar refractivity (Wildman–Crippen MR) is 163 cm³/mol. The fourth-order valence-electron chi connectivity index (χ4n) is 6.09. The lowest BCUT2D eigenvalue weighted by molar-refractivity contribution is 0.907. The SMILES string of the molecule is CCCC1=C(C)C2=NC1=CC1=NC(=CC3=NC(=CC4=NC(=C2)C(C)=C4CC)C(C)=C3CC)C(C)=C1CCC. The van der Waals surface area contributed by atoms with Gasteiger partial charge in [-0.15, -0.1) is 0 Å². The van der Waals surface area contributed by atoms with E-state index in [-0.39, 0.29) is 0 Å². The van der Waals surface area contributed by atoms with Crippen molar-refractivity contribution in [1.29, 1.82) is 0 Å². The van der Waals surface area contributed by atoms with Gasteiger partial charge in [0.2, 0.25) is 0 Å². The van der Waals surface area contributed by atoms with E-state index in [1.54, 1.807) is 0 Å². The fraction of sp³-hybridized carbons (Fsp3) is 0.412. The second-order valence-electron chi connectivity index (χ2n) is 10.7. The van der Waals surface area contributed by atoms with Crippen molar-refractivity contribution in [3.05, 3.63) is 91.7 Å². The van der Waals surface area contributed by atoms with E-state index in [0.29, 0.717) is 0 Å². The average Bonchev–Trinajstić information content (AvgIpc) is 3.55. The minimum absolute atomic E-state index is 0.935. The molecule has 5 aliphatic heterocycles. The molecule has 0 fully saturated rings. The van der Waals surface area contributed by atoms with Gasteiger partial charge >= 0.3 is 0 Å². The van der Waals surface area contributed by atoms with E-state index in [0.717, 1.165) is 84.2 Å². The molecule has 0 saturated heterocycles. The zero-order chi connectivity index (χ0) is 27.1. The van der Waals surface area contributed by atoms with E-state index in [2.05, 4.69) is 79.7 Å². The van der Waals surface area contributed by atoms with E-state index in [9.17, 15) is 0 Å². The third-order valence-corrected chi connectivity index (χ3v) is 8.35. The molecule has 5 heterocycles. The summed E-state index contributed by atoms with van der Waals surface area (Å²) in [5.41, 5.74) is 18.5. The monoisotopic (exact) mass is 504 g/mol. The van der Waals surface area contributed by atoms with Crippen LogP contribution in [0.25, 0.3) is 0 Å². The van der Waals surface area contributed by atoms with Crippen LogP contribution in [-0.4, -0.2) is 22.8 Å². The molecular formula is C34H40N4. The van der Waals surface area contributed by atoms with E-state index >= 15 is 0 Å². The smallest absolute Gasteiger partial charge is 0.0694 e. The van der Waals surface area contributed by atoms with Gasteiger partial charge in [0.15, 0.2) is 0 Å². The Bertz CT molecular complexity index is 1500. The quantitative estimate of drug-likeness (QED) is 0.346. The van der Waals surface area contributed by atoms with E-state index in [1.165, 1.54) is 44.6 Å². The highest BCUT2D eigenvalue weighted by atomic mass is 14.9. The topological polar surface area (TPSA) is 49.4 Å². The van der Waals surface area contributed by atoms with Gasteiger partial charge in [0.1, 0.15) is 0 Å². The minimum atomic E-state index is 0.935. The Morgan fingerprint density at radius 1 is 0.421 bits per heavy atom. The summed E-state index contributed by atoms with van der Waals surface area (Å²) in [6.45, 7) is 17.7. The molecule has 196 valence electrons. The average molecular weight is 505 g/mol. The fourth-order valence-corrected chi connectivity index (χ4v) is 6.09. The van der Waals surface area contributed by atoms with Crippen molar-refractivity contribution in [2.75, 3.05) is 0 Å². The lowest BCUT2D eigenvalue weighted by Crippen LogP contribution is -1.99. The van der Waals surface area contributed by atoms with Crippen molar-refractivity contribution in [3.63, 3.8) is 0 Å². The number of allylic oxidation sites excluding steroid dienone is 12. The Labute approximate surface area is 228 Å². The summed E-state index contributed by atoms with van der Waals surface area (Å²) in [5.74, 6) is 0. The second-order valence-corrected chi connectivity index (χ2v) is 10.7. The highest BCUT2D eigenvalue weighted by molar-refractivity contribution is 6.20. The number of rotatable bonds is 6. The predicted octanol–water partition coefficient (Wildman–Crippen LogP) is 9.04. The molecule has 0 unspecified atom stereocenters. The first kappa shape index (κ1) is 26.2. The maximum absolute atomic E-state index is 5.19. The molecule has 8 bridgehead atoms. The number of hydrogen-bond acceptors (Lipinski definition) is 4. The van der Waals surface area contributed by atoms with Crippen LogP contribution in [0.5, 0.6) is 0 Å². The van der Waals surface area contributed by atoms with Gasteiger partial charge in [0.05, 0.1) is 45.6 Å². The van der Waals surface area contributed by atoms with Crippen LogP contribution in [0.2, 0.25) is 0 Å². The van der Waals surface area contributed by atoms with Crippen LogP contribution in [-0.2, 0) is 0 Å². The number of fused-ring (bicyclic) bond motifs is 4. The zero-order valence-electron chi connectivity index (χ0n) is 24.3. The first-order chi connectivity index (χ1) is 18.3. The van der Waals surface area contributed by atoms with Crippen molar-refractivity contribution in [2.45, 2.75) is 93.9 Å². The van der Waals surface area contributed by atoms with Crippen molar-refractivity contribution in [3.8, 4) is 0 Å². The lowest BCUT2D eigenvalue weighted by Gasteiger charge is -2.07. The third-order valence-electron chi connectivity index (χ3n) is 8.35. The molecule has 0 aromatic carbocycles. The number of nitrogens with zero attached hydrogens (tertiary/aromatic N) is 4. The molecule has 5 rings (SSSR count). The Kier molecular flexibility index (Phi) is 7.17. The van der Waals surface area contributed by atoms with E-state index in [1.807, 2.05) is 0 Å². The second kappa shape index (κ2) is 10.4. The van der Waals surface area contributed by atoms with Crippen molar-refractivity contribution < 1.29 is 0 Å². The van der Waals surface area contributed by atoms with Crippen LogP contribution in [0.4, 0.5) is 0 Å². The van der Waals surface area contributed by atoms with Crippen LogP contribution in [0.15, 0.2) is 112 Å². The van der Waals surface area contributed by atoms with Crippen LogP contribution >= 0.6 is 0 Å². The van der Waals surface area contributed by atoms with E-state index < -0.39 is 0 Å². The van der Waals surface area contributed by atoms with Gasteiger partial charge in [-0.1, -0.05) is 40.5 Å². The van der Waals surface area contributed by atoms with Gasteiger partial charge < -0.3 is 0 Å². The van der Waals surface area contributed by atoms with E-state index in [4.69, 9.17) is 20.0 Å². The molecule has 0 spiro atoms. The van der Waals surface area contributed by atoms with Gasteiger partial charge in [-0.2, -0.15) is 0 Å². The molecule has 0 radical (unpaired) electrons. The van der Waals surface area contributed by atoms with Crippen LogP contribution in [0.1, 0.15) is 93.9 Å². The normalized spacial score (nSPS) is 21.1. The molecule has 5 aliphatic rings. The first-order valence-electron chi connectivity index (χ1n) is 14.3. The summed E-state index contributed by atoms with van der Waals surface area (Å²) in [6, 6.07) is 0. The third kappa shape index (κ3) is 4.34. The number of aliphatic imine (C=N–C) groups is 4. The molecule has 0 saturated carbocycles. The molecular weight excluding hydrogens is 464 g/mol. The molecule has 0 aromatic rings. The first-order valence-corrected chi connectivity index (χ1v) is 14.3. The Hall–Kier alpha value is -3.40. The van der Waals surface area contributed by atoms with Gasteiger partial charge in [-0.25, -0.2) is 20.0 Å². The Balaban J connectivity index is 1.80. The molecule has 0 atom stereocenters. The minimum Gasteiger partial charge on any atom is -0.248 e. The molecule has 38 heavy (non-hydrogen) atoms. The van der Waals surface area contributed by atoms with Crippen LogP contribution in [0.3, 0.4) is 0 Å². The summed E-state index contributed by atoms with van der Waals surface area (Å²) in [4.78, 5) is 20.6. The summed E-state index contributed by atoms with van der Waals surface area (Å²) < 4.78 is 0. The lowest BCUT2D eigenvalue weighted by atomic mass is 9.96. The van der Waals surface area contributed by atoms with Crippen LogP contribution < -0.4 is 0 Å². The molecule has 4 nitrogen and oxygen atoms in total. The Morgan fingerprint density at radius 2 is 0.789 bits per heavy atom. The highest BCUT2D eigenvalue weighted by Gasteiger charge is 2.28. The van der Waals surface area contributed by atoms with Gasteiger partial charge in [0.25, 0.3) is 0 Å². The molecule has 4 heteroatoms. The number of hydrogen-bond donors (Lipinski definition) is 0.